The van der Waals surface area contributed by atoms with E-state index in [2.05, 4.69) is 10.6 Å². The Bertz CT molecular complexity index is 434. The van der Waals surface area contributed by atoms with E-state index in [-0.39, 0.29) is 18.1 Å². The highest BCUT2D eigenvalue weighted by Crippen LogP contribution is 2.20. The van der Waals surface area contributed by atoms with Crippen LogP contribution in [0.25, 0.3) is 0 Å². The molecule has 1 aromatic carbocycles. The van der Waals surface area contributed by atoms with Crippen LogP contribution in [0.15, 0.2) is 24.3 Å². The zero-order valence-electron chi connectivity index (χ0n) is 11.4. The molecule has 104 valence electrons. The number of carbonyl (C=O) groups is 1. The smallest absolute Gasteiger partial charge is 0.221 e. The van der Waals surface area contributed by atoms with Crippen molar-refractivity contribution >= 4 is 11.6 Å². The predicted octanol–water partition coefficient (Wildman–Crippen LogP) is 2.04. The normalized spacial score (nSPS) is 23.1. The Morgan fingerprint density at radius 3 is 2.79 bits per heavy atom. The maximum atomic E-state index is 11.2. The second-order valence-corrected chi connectivity index (χ2v) is 5.18. The van der Waals surface area contributed by atoms with Gasteiger partial charge in [0.05, 0.1) is 6.10 Å². The minimum absolute atomic E-state index is 0.0647. The van der Waals surface area contributed by atoms with Gasteiger partial charge in [-0.3, -0.25) is 4.79 Å². The molecule has 1 amide bonds. The lowest BCUT2D eigenvalue weighted by Gasteiger charge is -2.28. The van der Waals surface area contributed by atoms with Crippen molar-refractivity contribution in [3.8, 4) is 0 Å². The molecule has 2 unspecified atom stereocenters. The van der Waals surface area contributed by atoms with Gasteiger partial charge in [-0.1, -0.05) is 31.0 Å². The molecule has 0 heterocycles. The van der Waals surface area contributed by atoms with Crippen LogP contribution in [-0.2, 0) is 11.3 Å². The molecule has 1 aliphatic carbocycles. The summed E-state index contributed by atoms with van der Waals surface area (Å²) in [5, 5.41) is 16.2. The standard InChI is InChI=1S/C15H22N2O2/c1-11(18)17-13-7-3-2-6-12(13)10-16-14-8-4-5-9-15(14)19/h2-3,6-7,14-16,19H,4-5,8-10H2,1H3,(H,17,18). The molecular weight excluding hydrogens is 240 g/mol. The van der Waals surface area contributed by atoms with Crippen LogP contribution in [0.1, 0.15) is 38.2 Å². The molecule has 0 spiro atoms. The number of carbonyl (C=O) groups excluding carboxylic acids is 1. The molecule has 1 aliphatic rings. The lowest BCUT2D eigenvalue weighted by Crippen LogP contribution is -2.41. The Hall–Kier alpha value is -1.39. The molecule has 19 heavy (non-hydrogen) atoms. The summed E-state index contributed by atoms with van der Waals surface area (Å²) in [6.07, 6.45) is 3.93. The summed E-state index contributed by atoms with van der Waals surface area (Å²) >= 11 is 0. The van der Waals surface area contributed by atoms with Gasteiger partial charge in [-0.05, 0) is 24.5 Å². The molecule has 1 aromatic rings. The third kappa shape index (κ3) is 4.04. The van der Waals surface area contributed by atoms with Gasteiger partial charge < -0.3 is 15.7 Å². The van der Waals surface area contributed by atoms with Gasteiger partial charge in [0.1, 0.15) is 0 Å². The highest BCUT2D eigenvalue weighted by Gasteiger charge is 2.22. The van der Waals surface area contributed by atoms with E-state index in [9.17, 15) is 9.90 Å². The number of para-hydroxylation sites is 1. The van der Waals surface area contributed by atoms with E-state index in [0.717, 1.165) is 30.5 Å². The molecule has 4 nitrogen and oxygen atoms in total. The first-order valence-corrected chi connectivity index (χ1v) is 6.94. The fourth-order valence-electron chi connectivity index (χ4n) is 2.58. The average Bonchev–Trinajstić information content (AvgIpc) is 2.39. The fraction of sp³-hybridized carbons (Fsp3) is 0.533. The van der Waals surface area contributed by atoms with E-state index in [1.807, 2.05) is 24.3 Å². The van der Waals surface area contributed by atoms with Crippen LogP contribution in [-0.4, -0.2) is 23.2 Å². The Balaban J connectivity index is 1.96. The molecule has 3 N–H and O–H groups in total. The van der Waals surface area contributed by atoms with Gasteiger partial charge in [0, 0.05) is 25.2 Å². The largest absolute Gasteiger partial charge is 0.392 e. The van der Waals surface area contributed by atoms with Crippen molar-refractivity contribution in [1.82, 2.24) is 5.32 Å². The monoisotopic (exact) mass is 262 g/mol. The number of aliphatic hydroxyl groups excluding tert-OH is 1. The SMILES string of the molecule is CC(=O)Nc1ccccc1CNC1CCCCC1O. The van der Waals surface area contributed by atoms with E-state index in [0.29, 0.717) is 6.54 Å². The first-order chi connectivity index (χ1) is 9.16. The summed E-state index contributed by atoms with van der Waals surface area (Å²) in [5.74, 6) is -0.0647. The number of anilines is 1. The van der Waals surface area contributed by atoms with Gasteiger partial charge in [0.15, 0.2) is 0 Å². The first kappa shape index (κ1) is 14.0. The van der Waals surface area contributed by atoms with E-state index in [4.69, 9.17) is 0 Å². The predicted molar refractivity (Wildman–Crippen MR) is 75.8 cm³/mol. The van der Waals surface area contributed by atoms with Gasteiger partial charge in [-0.15, -0.1) is 0 Å². The zero-order chi connectivity index (χ0) is 13.7. The highest BCUT2D eigenvalue weighted by molar-refractivity contribution is 5.89. The van der Waals surface area contributed by atoms with Gasteiger partial charge in [0.25, 0.3) is 0 Å². The van der Waals surface area contributed by atoms with Gasteiger partial charge in [-0.25, -0.2) is 0 Å². The van der Waals surface area contributed by atoms with Crippen LogP contribution in [0.5, 0.6) is 0 Å². The quantitative estimate of drug-likeness (QED) is 0.778. The Morgan fingerprint density at radius 2 is 2.05 bits per heavy atom. The number of amides is 1. The van der Waals surface area contributed by atoms with E-state index in [1.54, 1.807) is 0 Å². The van der Waals surface area contributed by atoms with Crippen molar-refractivity contribution in [2.75, 3.05) is 5.32 Å². The molecule has 0 aromatic heterocycles. The Kier molecular flexibility index (Phi) is 4.93. The highest BCUT2D eigenvalue weighted by atomic mass is 16.3. The topological polar surface area (TPSA) is 61.4 Å². The summed E-state index contributed by atoms with van der Waals surface area (Å²) in [6.45, 7) is 2.17. The Labute approximate surface area is 114 Å². The molecule has 2 atom stereocenters. The number of nitrogens with one attached hydrogen (secondary N) is 2. The number of hydrogen-bond acceptors (Lipinski definition) is 3. The van der Waals surface area contributed by atoms with Gasteiger partial charge in [-0.2, -0.15) is 0 Å². The van der Waals surface area contributed by atoms with Crippen molar-refractivity contribution in [2.45, 2.75) is 51.3 Å². The minimum Gasteiger partial charge on any atom is -0.392 e. The molecule has 0 bridgehead atoms. The van der Waals surface area contributed by atoms with E-state index < -0.39 is 0 Å². The summed E-state index contributed by atoms with van der Waals surface area (Å²) in [7, 11) is 0. The first-order valence-electron chi connectivity index (χ1n) is 6.94. The molecule has 4 heteroatoms. The number of hydrogen-bond donors (Lipinski definition) is 3. The second kappa shape index (κ2) is 6.68. The molecule has 0 saturated heterocycles. The number of aliphatic hydroxyl groups is 1. The maximum absolute atomic E-state index is 11.2. The third-order valence-electron chi connectivity index (χ3n) is 3.61. The molecule has 1 saturated carbocycles. The molecule has 0 aliphatic heterocycles. The van der Waals surface area contributed by atoms with Crippen LogP contribution in [0.4, 0.5) is 5.69 Å². The van der Waals surface area contributed by atoms with Crippen LogP contribution in [0, 0.1) is 0 Å². The maximum Gasteiger partial charge on any atom is 0.221 e. The molecule has 1 fully saturated rings. The summed E-state index contributed by atoms with van der Waals surface area (Å²) in [4.78, 5) is 11.2. The molecule has 0 radical (unpaired) electrons. The molecule has 2 rings (SSSR count). The fourth-order valence-corrected chi connectivity index (χ4v) is 2.58. The third-order valence-corrected chi connectivity index (χ3v) is 3.61. The van der Waals surface area contributed by atoms with Crippen molar-refractivity contribution in [3.05, 3.63) is 29.8 Å². The van der Waals surface area contributed by atoms with Crippen molar-refractivity contribution < 1.29 is 9.90 Å². The lowest BCUT2D eigenvalue weighted by molar-refractivity contribution is -0.114. The van der Waals surface area contributed by atoms with E-state index >= 15 is 0 Å². The van der Waals surface area contributed by atoms with Crippen LogP contribution in [0.3, 0.4) is 0 Å². The van der Waals surface area contributed by atoms with Crippen LogP contribution < -0.4 is 10.6 Å². The summed E-state index contributed by atoms with van der Waals surface area (Å²) < 4.78 is 0. The van der Waals surface area contributed by atoms with Crippen molar-refractivity contribution in [3.63, 3.8) is 0 Å². The average molecular weight is 262 g/mol. The summed E-state index contributed by atoms with van der Waals surface area (Å²) in [6, 6.07) is 7.92. The second-order valence-electron chi connectivity index (χ2n) is 5.18. The van der Waals surface area contributed by atoms with Crippen LogP contribution >= 0.6 is 0 Å². The molecular formula is C15H22N2O2. The van der Waals surface area contributed by atoms with E-state index in [1.165, 1.54) is 13.3 Å². The Morgan fingerprint density at radius 1 is 1.32 bits per heavy atom. The number of rotatable bonds is 4. The lowest BCUT2D eigenvalue weighted by atomic mass is 9.92. The van der Waals surface area contributed by atoms with Crippen molar-refractivity contribution in [1.29, 1.82) is 0 Å². The van der Waals surface area contributed by atoms with Gasteiger partial charge >= 0.3 is 0 Å². The zero-order valence-corrected chi connectivity index (χ0v) is 11.4. The minimum atomic E-state index is -0.248. The van der Waals surface area contributed by atoms with Gasteiger partial charge in [0.2, 0.25) is 5.91 Å². The summed E-state index contributed by atoms with van der Waals surface area (Å²) in [5.41, 5.74) is 1.89. The van der Waals surface area contributed by atoms with Crippen LogP contribution in [0.2, 0.25) is 0 Å². The number of benzene rings is 1. The van der Waals surface area contributed by atoms with Crippen molar-refractivity contribution in [2.24, 2.45) is 0 Å².